The molecule has 1 unspecified atom stereocenters. The molecule has 7 heteroatoms. The molecule has 1 saturated carbocycles. The van der Waals surface area contributed by atoms with Crippen LogP contribution in [0.25, 0.3) is 0 Å². The van der Waals surface area contributed by atoms with Crippen molar-refractivity contribution in [2.24, 2.45) is 11.8 Å². The molecule has 0 aromatic heterocycles. The average Bonchev–Trinajstić information content (AvgIpc) is 3.52. The average molecular weight is 434 g/mol. The molecule has 1 saturated heterocycles. The van der Waals surface area contributed by atoms with E-state index in [4.69, 9.17) is 4.74 Å². The first-order chi connectivity index (χ1) is 14.3. The lowest BCUT2D eigenvalue weighted by Crippen LogP contribution is -2.40. The van der Waals surface area contributed by atoms with E-state index >= 15 is 0 Å². The molecule has 6 nitrogen and oxygen atoms in total. The Hall–Kier alpha value is -2.15. The van der Waals surface area contributed by atoms with Crippen LogP contribution in [-0.4, -0.2) is 38.3 Å². The van der Waals surface area contributed by atoms with Crippen LogP contribution in [0.1, 0.15) is 56.9 Å². The molecular weight excluding hydrogens is 402 g/mol. The molecule has 1 aromatic rings. The number of benzene rings is 1. The fourth-order valence-corrected chi connectivity index (χ4v) is 5.12. The van der Waals surface area contributed by atoms with Crippen LogP contribution in [0, 0.1) is 11.8 Å². The number of imide groups is 1. The van der Waals surface area contributed by atoms with E-state index in [1.165, 1.54) is 12.8 Å². The second-order valence-electron chi connectivity index (χ2n) is 8.50. The number of carbonyl (C=O) groups is 2. The van der Waals surface area contributed by atoms with Gasteiger partial charge in [0.15, 0.2) is 9.84 Å². The summed E-state index contributed by atoms with van der Waals surface area (Å²) < 4.78 is 30.8. The van der Waals surface area contributed by atoms with Gasteiger partial charge in [-0.3, -0.25) is 14.9 Å². The lowest BCUT2D eigenvalue weighted by atomic mass is 9.93. The number of carbonyl (C=O) groups excluding carboxylic acids is 2. The van der Waals surface area contributed by atoms with Crippen molar-refractivity contribution in [3.05, 3.63) is 42.0 Å². The zero-order valence-electron chi connectivity index (χ0n) is 17.5. The minimum Gasteiger partial charge on any atom is -0.493 e. The molecule has 0 spiro atoms. The van der Waals surface area contributed by atoms with Crippen molar-refractivity contribution >= 4 is 21.7 Å². The molecule has 1 N–H and O–H groups in total. The van der Waals surface area contributed by atoms with Gasteiger partial charge in [-0.05, 0) is 61.6 Å². The SMILES string of the molecule is C[C@@H](CS(=O)(=O)C/C=C/CCC1CCC(=O)NC1=O)c1cccc(OCC2CC2)c1. The number of piperidine rings is 1. The quantitative estimate of drug-likeness (QED) is 0.427. The zero-order chi connectivity index (χ0) is 21.6. The lowest BCUT2D eigenvalue weighted by molar-refractivity contribution is -0.136. The number of ether oxygens (including phenoxy) is 1. The van der Waals surface area contributed by atoms with Gasteiger partial charge in [0, 0.05) is 12.3 Å². The van der Waals surface area contributed by atoms with Crippen LogP contribution in [0.2, 0.25) is 0 Å². The predicted octanol–water partition coefficient (Wildman–Crippen LogP) is 3.38. The van der Waals surface area contributed by atoms with Crippen LogP contribution < -0.4 is 10.1 Å². The minimum atomic E-state index is -3.23. The topological polar surface area (TPSA) is 89.5 Å². The van der Waals surface area contributed by atoms with Crippen molar-refractivity contribution in [3.63, 3.8) is 0 Å². The molecule has 1 aliphatic heterocycles. The number of sulfone groups is 1. The molecule has 1 aliphatic carbocycles. The molecule has 2 atom stereocenters. The first-order valence-corrected chi connectivity index (χ1v) is 12.6. The molecule has 2 fully saturated rings. The summed E-state index contributed by atoms with van der Waals surface area (Å²) in [6.45, 7) is 2.66. The van der Waals surface area contributed by atoms with E-state index in [1.807, 2.05) is 37.3 Å². The van der Waals surface area contributed by atoms with Crippen LogP contribution >= 0.6 is 0 Å². The molecule has 0 radical (unpaired) electrons. The Morgan fingerprint density at radius 2 is 2.00 bits per heavy atom. The smallest absolute Gasteiger partial charge is 0.229 e. The Morgan fingerprint density at radius 1 is 1.20 bits per heavy atom. The third-order valence-corrected chi connectivity index (χ3v) is 7.37. The highest BCUT2D eigenvalue weighted by Gasteiger charge is 2.25. The van der Waals surface area contributed by atoms with Gasteiger partial charge in [0.2, 0.25) is 11.8 Å². The monoisotopic (exact) mass is 433 g/mol. The number of amides is 2. The summed E-state index contributed by atoms with van der Waals surface area (Å²) in [4.78, 5) is 22.9. The number of nitrogens with one attached hydrogen (secondary N) is 1. The van der Waals surface area contributed by atoms with E-state index < -0.39 is 9.84 Å². The fraction of sp³-hybridized carbons (Fsp3) is 0.565. The Balaban J connectivity index is 1.42. The van der Waals surface area contributed by atoms with Gasteiger partial charge in [-0.1, -0.05) is 31.2 Å². The zero-order valence-corrected chi connectivity index (χ0v) is 18.3. The highest BCUT2D eigenvalue weighted by Crippen LogP contribution is 2.30. The summed E-state index contributed by atoms with van der Waals surface area (Å²) in [7, 11) is -3.23. The van der Waals surface area contributed by atoms with Gasteiger partial charge in [0.05, 0.1) is 18.1 Å². The molecule has 1 heterocycles. The van der Waals surface area contributed by atoms with E-state index in [0.717, 1.165) is 17.9 Å². The fourth-order valence-electron chi connectivity index (χ4n) is 3.60. The summed E-state index contributed by atoms with van der Waals surface area (Å²) in [6, 6.07) is 7.71. The molecule has 30 heavy (non-hydrogen) atoms. The number of hydrogen-bond donors (Lipinski definition) is 1. The largest absolute Gasteiger partial charge is 0.493 e. The summed E-state index contributed by atoms with van der Waals surface area (Å²) in [5, 5.41) is 2.35. The van der Waals surface area contributed by atoms with Crippen LogP contribution in [0.5, 0.6) is 5.75 Å². The van der Waals surface area contributed by atoms with Crippen LogP contribution in [0.3, 0.4) is 0 Å². The summed E-state index contributed by atoms with van der Waals surface area (Å²) >= 11 is 0. The second kappa shape index (κ2) is 10.2. The van der Waals surface area contributed by atoms with Crippen molar-refractivity contribution in [2.75, 3.05) is 18.1 Å². The van der Waals surface area contributed by atoms with E-state index in [2.05, 4.69) is 5.32 Å². The third-order valence-electron chi connectivity index (χ3n) is 5.67. The third kappa shape index (κ3) is 7.27. The van der Waals surface area contributed by atoms with Crippen molar-refractivity contribution in [1.82, 2.24) is 5.32 Å². The standard InChI is InChI=1S/C23H31NO5S/c1-17(20-7-5-8-21(14-20)29-15-18-9-10-18)16-30(27,28)13-4-2-3-6-19-11-12-22(25)24-23(19)26/h2,4-5,7-8,14,17-19H,3,6,9-13,15-16H2,1H3,(H,24,25,26)/b4-2+/t17-,19?/m0/s1. The Kier molecular flexibility index (Phi) is 7.69. The maximum atomic E-state index is 12.5. The number of rotatable bonds is 11. The van der Waals surface area contributed by atoms with Crippen molar-refractivity contribution in [3.8, 4) is 5.75 Å². The molecule has 1 aromatic carbocycles. The van der Waals surface area contributed by atoms with Gasteiger partial charge < -0.3 is 4.74 Å². The molecule has 164 valence electrons. The van der Waals surface area contributed by atoms with Crippen molar-refractivity contribution in [1.29, 1.82) is 0 Å². The van der Waals surface area contributed by atoms with Gasteiger partial charge >= 0.3 is 0 Å². The summed E-state index contributed by atoms with van der Waals surface area (Å²) in [6.07, 6.45) is 8.14. The highest BCUT2D eigenvalue weighted by atomic mass is 32.2. The van der Waals surface area contributed by atoms with Gasteiger partial charge in [0.25, 0.3) is 0 Å². The molecule has 0 bridgehead atoms. The molecule has 2 amide bonds. The van der Waals surface area contributed by atoms with E-state index in [-0.39, 0.29) is 35.2 Å². The number of hydrogen-bond acceptors (Lipinski definition) is 5. The van der Waals surface area contributed by atoms with E-state index in [0.29, 0.717) is 31.6 Å². The Labute approximate surface area is 179 Å². The first kappa shape index (κ1) is 22.5. The Bertz CT molecular complexity index is 889. The summed E-state index contributed by atoms with van der Waals surface area (Å²) in [5.74, 6) is 0.831. The van der Waals surface area contributed by atoms with Gasteiger partial charge in [-0.25, -0.2) is 8.42 Å². The maximum Gasteiger partial charge on any atom is 0.229 e. The number of allylic oxidation sites excluding steroid dienone is 1. The van der Waals surface area contributed by atoms with Gasteiger partial charge in [-0.15, -0.1) is 0 Å². The van der Waals surface area contributed by atoms with Gasteiger partial charge in [-0.2, -0.15) is 0 Å². The molecular formula is C23H31NO5S. The van der Waals surface area contributed by atoms with Crippen LogP contribution in [-0.2, 0) is 19.4 Å². The first-order valence-electron chi connectivity index (χ1n) is 10.7. The molecule has 3 rings (SSSR count). The lowest BCUT2D eigenvalue weighted by Gasteiger charge is -2.19. The second-order valence-corrected chi connectivity index (χ2v) is 10.7. The predicted molar refractivity (Wildman–Crippen MR) is 116 cm³/mol. The van der Waals surface area contributed by atoms with Crippen LogP contribution in [0.4, 0.5) is 0 Å². The normalized spacial score (nSPS) is 20.9. The highest BCUT2D eigenvalue weighted by molar-refractivity contribution is 7.91. The van der Waals surface area contributed by atoms with E-state index in [1.54, 1.807) is 6.08 Å². The van der Waals surface area contributed by atoms with E-state index in [9.17, 15) is 18.0 Å². The van der Waals surface area contributed by atoms with Crippen molar-refractivity contribution < 1.29 is 22.7 Å². The summed E-state index contributed by atoms with van der Waals surface area (Å²) in [5.41, 5.74) is 0.966. The minimum absolute atomic E-state index is 0.00937. The maximum absolute atomic E-state index is 12.5. The Morgan fingerprint density at radius 3 is 2.73 bits per heavy atom. The molecule has 2 aliphatic rings. The van der Waals surface area contributed by atoms with Crippen LogP contribution in [0.15, 0.2) is 36.4 Å². The van der Waals surface area contributed by atoms with Crippen molar-refractivity contribution in [2.45, 2.75) is 51.4 Å². The van der Waals surface area contributed by atoms with Gasteiger partial charge in [0.1, 0.15) is 5.75 Å².